The van der Waals surface area contributed by atoms with Crippen LogP contribution in [0.2, 0.25) is 0 Å². The van der Waals surface area contributed by atoms with Gasteiger partial charge in [0, 0.05) is 13.0 Å². The van der Waals surface area contributed by atoms with Gasteiger partial charge in [-0.2, -0.15) is 4.98 Å². The summed E-state index contributed by atoms with van der Waals surface area (Å²) in [7, 11) is 0. The molecule has 108 valence electrons. The number of anilines is 1. The van der Waals surface area contributed by atoms with Crippen LogP contribution in [-0.4, -0.2) is 29.8 Å². The summed E-state index contributed by atoms with van der Waals surface area (Å²) in [5.41, 5.74) is 6.65. The molecule has 0 unspecified atom stereocenters. The summed E-state index contributed by atoms with van der Waals surface area (Å²) in [6.45, 7) is 9.98. The monoisotopic (exact) mass is 267 g/mol. The van der Waals surface area contributed by atoms with Gasteiger partial charge in [-0.05, 0) is 19.3 Å². The van der Waals surface area contributed by atoms with Crippen molar-refractivity contribution in [2.45, 2.75) is 40.5 Å². The van der Waals surface area contributed by atoms with E-state index in [1.54, 1.807) is 0 Å². The maximum Gasteiger partial charge on any atom is 0.221 e. The number of rotatable bonds is 8. The molecule has 0 amide bonds. The molecule has 0 fully saturated rings. The Morgan fingerprint density at radius 3 is 2.58 bits per heavy atom. The van der Waals surface area contributed by atoms with E-state index in [0.717, 1.165) is 30.8 Å². The number of hydrogen-bond acceptors (Lipinski definition) is 5. The van der Waals surface area contributed by atoms with Gasteiger partial charge < -0.3 is 15.2 Å². The van der Waals surface area contributed by atoms with Crippen molar-refractivity contribution in [1.82, 2.24) is 9.97 Å². The fourth-order valence-electron chi connectivity index (χ4n) is 1.55. The molecular weight excluding hydrogens is 242 g/mol. The van der Waals surface area contributed by atoms with Gasteiger partial charge in [-0.3, -0.25) is 0 Å². The van der Waals surface area contributed by atoms with Gasteiger partial charge in [0.05, 0.1) is 12.2 Å². The van der Waals surface area contributed by atoms with Crippen LogP contribution < -0.4 is 10.5 Å². The number of hydrogen-bond donors (Lipinski definition) is 1. The molecular formula is C14H25N3O2. The summed E-state index contributed by atoms with van der Waals surface area (Å²) >= 11 is 0. The second kappa shape index (κ2) is 7.94. The number of aromatic nitrogens is 2. The summed E-state index contributed by atoms with van der Waals surface area (Å²) in [6.07, 6.45) is 1.80. The molecule has 1 heterocycles. The Bertz CT molecular complexity index is 395. The van der Waals surface area contributed by atoms with Gasteiger partial charge in [0.2, 0.25) is 5.88 Å². The number of nitrogen functional groups attached to an aromatic ring is 1. The van der Waals surface area contributed by atoms with Crippen LogP contribution in [-0.2, 0) is 11.2 Å². The highest BCUT2D eigenvalue weighted by Crippen LogP contribution is 2.20. The summed E-state index contributed by atoms with van der Waals surface area (Å²) < 4.78 is 11.1. The SMILES string of the molecule is CCCc1nc(N)c(C)c(OCCOCC(C)C)n1. The lowest BCUT2D eigenvalue weighted by molar-refractivity contribution is 0.0803. The predicted molar refractivity (Wildman–Crippen MR) is 76.3 cm³/mol. The third kappa shape index (κ3) is 5.42. The lowest BCUT2D eigenvalue weighted by Crippen LogP contribution is -2.13. The van der Waals surface area contributed by atoms with Crippen molar-refractivity contribution in [2.75, 3.05) is 25.6 Å². The molecule has 0 aliphatic rings. The highest BCUT2D eigenvalue weighted by Gasteiger charge is 2.09. The van der Waals surface area contributed by atoms with E-state index < -0.39 is 0 Å². The number of aryl methyl sites for hydroxylation is 1. The van der Waals surface area contributed by atoms with Crippen molar-refractivity contribution in [1.29, 1.82) is 0 Å². The average molecular weight is 267 g/mol. The minimum atomic E-state index is 0.482. The second-order valence-corrected chi connectivity index (χ2v) is 5.02. The highest BCUT2D eigenvalue weighted by molar-refractivity contribution is 5.44. The van der Waals surface area contributed by atoms with Crippen LogP contribution in [0, 0.1) is 12.8 Å². The largest absolute Gasteiger partial charge is 0.475 e. The number of ether oxygens (including phenoxy) is 2. The van der Waals surface area contributed by atoms with Gasteiger partial charge in [0.15, 0.2) is 0 Å². The fraction of sp³-hybridized carbons (Fsp3) is 0.714. The third-order valence-corrected chi connectivity index (χ3v) is 2.58. The lowest BCUT2D eigenvalue weighted by atomic mass is 10.2. The van der Waals surface area contributed by atoms with E-state index in [1.165, 1.54) is 0 Å². The predicted octanol–water partition coefficient (Wildman–Crippen LogP) is 2.37. The Morgan fingerprint density at radius 1 is 1.21 bits per heavy atom. The Balaban J connectivity index is 2.52. The van der Waals surface area contributed by atoms with Crippen molar-refractivity contribution in [2.24, 2.45) is 5.92 Å². The molecule has 0 bridgehead atoms. The molecule has 1 aromatic rings. The molecule has 0 saturated carbocycles. The molecule has 0 radical (unpaired) electrons. The van der Waals surface area contributed by atoms with Crippen LogP contribution in [0.4, 0.5) is 5.82 Å². The Hall–Kier alpha value is -1.36. The van der Waals surface area contributed by atoms with Crippen LogP contribution in [0.15, 0.2) is 0 Å². The zero-order valence-corrected chi connectivity index (χ0v) is 12.4. The molecule has 5 nitrogen and oxygen atoms in total. The first-order valence-electron chi connectivity index (χ1n) is 6.88. The van der Waals surface area contributed by atoms with E-state index in [2.05, 4.69) is 30.7 Å². The van der Waals surface area contributed by atoms with Gasteiger partial charge in [-0.25, -0.2) is 4.98 Å². The van der Waals surface area contributed by atoms with E-state index >= 15 is 0 Å². The fourth-order valence-corrected chi connectivity index (χ4v) is 1.55. The molecule has 1 rings (SSSR count). The Labute approximate surface area is 115 Å². The van der Waals surface area contributed by atoms with Gasteiger partial charge in [-0.15, -0.1) is 0 Å². The molecule has 0 aliphatic heterocycles. The van der Waals surface area contributed by atoms with Crippen molar-refractivity contribution in [3.63, 3.8) is 0 Å². The molecule has 0 atom stereocenters. The summed E-state index contributed by atoms with van der Waals surface area (Å²) in [5.74, 6) is 2.34. The molecule has 0 aromatic carbocycles. The van der Waals surface area contributed by atoms with Crippen LogP contribution in [0.3, 0.4) is 0 Å². The van der Waals surface area contributed by atoms with E-state index in [9.17, 15) is 0 Å². The van der Waals surface area contributed by atoms with E-state index in [4.69, 9.17) is 15.2 Å². The molecule has 19 heavy (non-hydrogen) atoms. The van der Waals surface area contributed by atoms with Crippen LogP contribution >= 0.6 is 0 Å². The summed E-state index contributed by atoms with van der Waals surface area (Å²) in [5, 5.41) is 0. The average Bonchev–Trinajstić information content (AvgIpc) is 2.34. The normalized spacial score (nSPS) is 11.0. The molecule has 5 heteroatoms. The van der Waals surface area contributed by atoms with Gasteiger partial charge in [0.25, 0.3) is 0 Å². The van der Waals surface area contributed by atoms with Crippen molar-refractivity contribution in [3.05, 3.63) is 11.4 Å². The Kier molecular flexibility index (Phi) is 6.56. The first kappa shape index (κ1) is 15.7. The Morgan fingerprint density at radius 2 is 1.95 bits per heavy atom. The van der Waals surface area contributed by atoms with Crippen molar-refractivity contribution in [3.8, 4) is 5.88 Å². The minimum absolute atomic E-state index is 0.482. The maximum atomic E-state index is 5.86. The van der Waals surface area contributed by atoms with Gasteiger partial charge in [0.1, 0.15) is 18.2 Å². The van der Waals surface area contributed by atoms with Crippen molar-refractivity contribution >= 4 is 5.82 Å². The zero-order chi connectivity index (χ0) is 14.3. The maximum absolute atomic E-state index is 5.86. The third-order valence-electron chi connectivity index (χ3n) is 2.58. The molecule has 0 spiro atoms. The van der Waals surface area contributed by atoms with Crippen LogP contribution in [0.25, 0.3) is 0 Å². The second-order valence-electron chi connectivity index (χ2n) is 5.02. The lowest BCUT2D eigenvalue weighted by Gasteiger charge is -2.12. The van der Waals surface area contributed by atoms with Crippen LogP contribution in [0.1, 0.15) is 38.6 Å². The van der Waals surface area contributed by atoms with E-state index in [-0.39, 0.29) is 0 Å². The smallest absolute Gasteiger partial charge is 0.221 e. The summed E-state index contributed by atoms with van der Waals surface area (Å²) in [6, 6.07) is 0. The van der Waals surface area contributed by atoms with Crippen molar-refractivity contribution < 1.29 is 9.47 Å². The summed E-state index contributed by atoms with van der Waals surface area (Å²) in [4.78, 5) is 8.63. The molecule has 0 saturated heterocycles. The van der Waals surface area contributed by atoms with Gasteiger partial charge in [-0.1, -0.05) is 20.8 Å². The first-order valence-corrected chi connectivity index (χ1v) is 6.88. The van der Waals surface area contributed by atoms with Gasteiger partial charge >= 0.3 is 0 Å². The van der Waals surface area contributed by atoms with Crippen LogP contribution in [0.5, 0.6) is 5.88 Å². The first-order chi connectivity index (χ1) is 9.04. The molecule has 2 N–H and O–H groups in total. The minimum Gasteiger partial charge on any atom is -0.475 e. The quantitative estimate of drug-likeness (QED) is 0.732. The highest BCUT2D eigenvalue weighted by atomic mass is 16.5. The standard InChI is InChI=1S/C14H25N3O2/c1-5-6-12-16-13(15)11(4)14(17-12)19-8-7-18-9-10(2)3/h10H,5-9H2,1-4H3,(H2,15,16,17). The molecule has 0 aliphatic carbocycles. The van der Waals surface area contributed by atoms with E-state index in [1.807, 2.05) is 6.92 Å². The zero-order valence-electron chi connectivity index (χ0n) is 12.4. The number of nitrogens with two attached hydrogens (primary N) is 1. The topological polar surface area (TPSA) is 70.3 Å². The number of nitrogens with zero attached hydrogens (tertiary/aromatic N) is 2. The van der Waals surface area contributed by atoms with E-state index in [0.29, 0.717) is 30.8 Å². The molecule has 1 aromatic heterocycles.